The Bertz CT molecular complexity index is 971. The smallest absolute Gasteiger partial charge is 0.339 e. The first-order chi connectivity index (χ1) is 12.9. The molecule has 0 bridgehead atoms. The van der Waals surface area contributed by atoms with Crippen LogP contribution in [-0.4, -0.2) is 41.0 Å². The van der Waals surface area contributed by atoms with Gasteiger partial charge in [0.25, 0.3) is 0 Å². The highest BCUT2D eigenvalue weighted by molar-refractivity contribution is 7.09. The number of nitrogens with two attached hydrogens (primary N) is 1. The predicted molar refractivity (Wildman–Crippen MR) is 99.9 cm³/mol. The van der Waals surface area contributed by atoms with E-state index in [1.807, 2.05) is 4.90 Å². The lowest BCUT2D eigenvalue weighted by Gasteiger charge is -2.27. The van der Waals surface area contributed by atoms with Crippen LogP contribution in [0.15, 0.2) is 29.4 Å². The maximum Gasteiger partial charge on any atom is 0.339 e. The molecule has 0 saturated carbocycles. The maximum atomic E-state index is 15.1. The van der Waals surface area contributed by atoms with Gasteiger partial charge in [0.1, 0.15) is 11.4 Å². The van der Waals surface area contributed by atoms with Crippen molar-refractivity contribution in [3.8, 4) is 0 Å². The van der Waals surface area contributed by atoms with E-state index in [4.69, 9.17) is 5.73 Å². The minimum Gasteiger partial charge on any atom is -0.478 e. The summed E-state index contributed by atoms with van der Waals surface area (Å²) in [7, 11) is 0. The fourth-order valence-electron chi connectivity index (χ4n) is 3.83. The first-order valence-electron chi connectivity index (χ1n) is 8.60. The van der Waals surface area contributed by atoms with Crippen molar-refractivity contribution in [3.63, 3.8) is 0 Å². The number of anilines is 1. The van der Waals surface area contributed by atoms with Gasteiger partial charge in [0, 0.05) is 41.7 Å². The summed E-state index contributed by atoms with van der Waals surface area (Å²) in [5.74, 6) is -2.91. The molecule has 27 heavy (non-hydrogen) atoms. The summed E-state index contributed by atoms with van der Waals surface area (Å²) in [6.45, 7) is 2.72. The number of hydrogen-bond donors (Lipinski definition) is 2. The molecule has 140 valence electrons. The SMILES string of the molecule is Cc1c(F)c(N2CCC(N)C2)cc2c1C(=O)C(C(=O)O)=CC2c1cncs1. The Kier molecular flexibility index (Phi) is 4.32. The fraction of sp³-hybridized carbons (Fsp3) is 0.316. The van der Waals surface area contributed by atoms with Crippen molar-refractivity contribution in [1.29, 1.82) is 0 Å². The van der Waals surface area contributed by atoms with Crippen LogP contribution in [0.25, 0.3) is 0 Å². The summed E-state index contributed by atoms with van der Waals surface area (Å²) in [5.41, 5.74) is 8.62. The van der Waals surface area contributed by atoms with Crippen LogP contribution in [0.1, 0.15) is 38.7 Å². The standard InChI is InChI=1S/C19H18FN3O3S/c1-9-16-12(5-14(17(9)20)23-3-2-10(21)7-23)11(15-6-22-8-27-15)4-13(18(16)24)19(25)26/h4-6,8,10-11H,2-3,7,21H2,1H3,(H,25,26). The van der Waals surface area contributed by atoms with E-state index < -0.39 is 23.5 Å². The molecular formula is C19H18FN3O3S. The van der Waals surface area contributed by atoms with Gasteiger partial charge in [-0.25, -0.2) is 9.18 Å². The van der Waals surface area contributed by atoms with Gasteiger partial charge in [0.2, 0.25) is 5.78 Å². The molecular weight excluding hydrogens is 369 g/mol. The molecule has 0 spiro atoms. The molecule has 2 unspecified atom stereocenters. The van der Waals surface area contributed by atoms with Crippen LogP contribution in [0.2, 0.25) is 0 Å². The molecule has 2 aliphatic rings. The molecule has 1 aromatic carbocycles. The van der Waals surface area contributed by atoms with E-state index in [0.717, 1.165) is 11.3 Å². The number of carbonyl (C=O) groups is 2. The number of Topliss-reactive ketones (excluding diaryl/α,β-unsaturated/α-hetero) is 1. The van der Waals surface area contributed by atoms with Crippen molar-refractivity contribution in [3.05, 3.63) is 56.8 Å². The molecule has 4 rings (SSSR count). The van der Waals surface area contributed by atoms with Gasteiger partial charge in [0.05, 0.1) is 11.2 Å². The number of ketones is 1. The highest BCUT2D eigenvalue weighted by atomic mass is 32.1. The first-order valence-corrected chi connectivity index (χ1v) is 9.48. The quantitative estimate of drug-likeness (QED) is 0.786. The summed E-state index contributed by atoms with van der Waals surface area (Å²) in [6, 6.07) is 1.66. The number of aromatic nitrogens is 1. The van der Waals surface area contributed by atoms with Crippen molar-refractivity contribution in [2.75, 3.05) is 18.0 Å². The minimum atomic E-state index is -1.31. The van der Waals surface area contributed by atoms with E-state index in [1.54, 1.807) is 17.8 Å². The van der Waals surface area contributed by atoms with Gasteiger partial charge in [-0.05, 0) is 30.5 Å². The number of nitrogens with zero attached hydrogens (tertiary/aromatic N) is 2. The second-order valence-corrected chi connectivity index (χ2v) is 7.81. The number of allylic oxidation sites excluding steroid dienone is 1. The van der Waals surface area contributed by atoms with Crippen LogP contribution in [0.3, 0.4) is 0 Å². The topological polar surface area (TPSA) is 96.5 Å². The van der Waals surface area contributed by atoms with Gasteiger partial charge in [0.15, 0.2) is 0 Å². The van der Waals surface area contributed by atoms with Crippen LogP contribution in [-0.2, 0) is 4.79 Å². The fourth-order valence-corrected chi connectivity index (χ4v) is 4.54. The lowest BCUT2D eigenvalue weighted by molar-refractivity contribution is -0.132. The van der Waals surface area contributed by atoms with Crippen LogP contribution in [0.5, 0.6) is 0 Å². The molecule has 1 aliphatic heterocycles. The van der Waals surface area contributed by atoms with Crippen LogP contribution in [0, 0.1) is 12.7 Å². The number of carbonyl (C=O) groups excluding carboxylic acids is 1. The lowest BCUT2D eigenvalue weighted by Crippen LogP contribution is -2.28. The summed E-state index contributed by atoms with van der Waals surface area (Å²) >= 11 is 1.37. The molecule has 1 saturated heterocycles. The maximum absolute atomic E-state index is 15.1. The van der Waals surface area contributed by atoms with E-state index in [9.17, 15) is 14.7 Å². The largest absolute Gasteiger partial charge is 0.478 e. The summed E-state index contributed by atoms with van der Waals surface area (Å²) in [4.78, 5) is 31.1. The number of carboxylic acids is 1. The second-order valence-electron chi connectivity index (χ2n) is 6.89. The van der Waals surface area contributed by atoms with E-state index in [0.29, 0.717) is 24.3 Å². The molecule has 6 nitrogen and oxygen atoms in total. The number of thiazole rings is 1. The predicted octanol–water partition coefficient (Wildman–Crippen LogP) is 2.47. The minimum absolute atomic E-state index is 0.0156. The normalized spacial score (nSPS) is 22.0. The zero-order chi connectivity index (χ0) is 19.3. The Balaban J connectivity index is 1.93. The highest BCUT2D eigenvalue weighted by Gasteiger charge is 2.36. The Morgan fingerprint density at radius 2 is 2.26 bits per heavy atom. The molecule has 0 amide bonds. The van der Waals surface area contributed by atoms with E-state index >= 15 is 4.39 Å². The third-order valence-corrected chi connectivity index (χ3v) is 6.06. The molecule has 1 aliphatic carbocycles. The van der Waals surface area contributed by atoms with Gasteiger partial charge in [-0.1, -0.05) is 6.08 Å². The van der Waals surface area contributed by atoms with E-state index in [1.165, 1.54) is 24.3 Å². The van der Waals surface area contributed by atoms with Crippen LogP contribution < -0.4 is 10.6 Å². The van der Waals surface area contributed by atoms with Crippen LogP contribution >= 0.6 is 11.3 Å². The van der Waals surface area contributed by atoms with Crippen LogP contribution in [0.4, 0.5) is 10.1 Å². The number of fused-ring (bicyclic) bond motifs is 1. The van der Waals surface area contributed by atoms with Crippen molar-refractivity contribution in [2.24, 2.45) is 5.73 Å². The Morgan fingerprint density at radius 3 is 2.85 bits per heavy atom. The number of halogens is 1. The average molecular weight is 387 g/mol. The van der Waals surface area contributed by atoms with Crippen molar-refractivity contribution in [2.45, 2.75) is 25.3 Å². The zero-order valence-corrected chi connectivity index (χ0v) is 15.4. The van der Waals surface area contributed by atoms with Gasteiger partial charge < -0.3 is 15.7 Å². The number of carboxylic acid groups (broad SMARTS) is 1. The molecule has 8 heteroatoms. The zero-order valence-electron chi connectivity index (χ0n) is 14.6. The van der Waals surface area contributed by atoms with Gasteiger partial charge >= 0.3 is 5.97 Å². The van der Waals surface area contributed by atoms with Gasteiger partial charge in [-0.2, -0.15) is 0 Å². The van der Waals surface area contributed by atoms with E-state index in [2.05, 4.69) is 4.98 Å². The molecule has 0 radical (unpaired) electrons. The average Bonchev–Trinajstić information content (AvgIpc) is 3.29. The lowest BCUT2D eigenvalue weighted by atomic mass is 9.80. The third kappa shape index (κ3) is 2.85. The highest BCUT2D eigenvalue weighted by Crippen LogP contribution is 2.42. The summed E-state index contributed by atoms with van der Waals surface area (Å²) < 4.78 is 15.1. The Hall–Kier alpha value is -2.58. The second kappa shape index (κ2) is 6.54. The third-order valence-electron chi connectivity index (χ3n) is 5.20. The Labute approximate surface area is 159 Å². The van der Waals surface area contributed by atoms with Crippen molar-refractivity contribution >= 4 is 28.8 Å². The first kappa shape index (κ1) is 17.8. The molecule has 2 atom stereocenters. The molecule has 1 fully saturated rings. The van der Waals surface area contributed by atoms with Crippen molar-refractivity contribution < 1.29 is 19.1 Å². The molecule has 3 N–H and O–H groups in total. The van der Waals surface area contributed by atoms with E-state index in [-0.39, 0.29) is 22.7 Å². The number of benzene rings is 1. The number of hydrogen-bond acceptors (Lipinski definition) is 6. The number of rotatable bonds is 3. The summed E-state index contributed by atoms with van der Waals surface area (Å²) in [6.07, 6.45) is 3.86. The monoisotopic (exact) mass is 387 g/mol. The van der Waals surface area contributed by atoms with Gasteiger partial charge in [-0.3, -0.25) is 9.78 Å². The summed E-state index contributed by atoms with van der Waals surface area (Å²) in [5, 5.41) is 9.45. The molecule has 1 aromatic heterocycles. The Morgan fingerprint density at radius 1 is 1.48 bits per heavy atom. The molecule has 2 aromatic rings. The number of aliphatic carboxylic acids is 1. The molecule has 2 heterocycles. The van der Waals surface area contributed by atoms with Gasteiger partial charge in [-0.15, -0.1) is 11.3 Å². The van der Waals surface area contributed by atoms with Crippen molar-refractivity contribution in [1.82, 2.24) is 4.98 Å².